The summed E-state index contributed by atoms with van der Waals surface area (Å²) in [6.07, 6.45) is 0. The Labute approximate surface area is 132 Å². The third-order valence-electron chi connectivity index (χ3n) is 2.52. The third-order valence-corrected chi connectivity index (χ3v) is 4.45. The molecule has 0 heterocycles. The number of nitrogens with one attached hydrogen (secondary N) is 1. The number of para-hydroxylation sites is 2. The maximum absolute atomic E-state index is 12.5. The highest BCUT2D eigenvalue weighted by Crippen LogP contribution is 2.45. The second-order valence-electron chi connectivity index (χ2n) is 4.21. The van der Waals surface area contributed by atoms with E-state index in [9.17, 15) is 4.57 Å². The lowest BCUT2D eigenvalue weighted by molar-refractivity contribution is 0.391. The maximum atomic E-state index is 12.5. The first-order chi connectivity index (χ1) is 9.50. The van der Waals surface area contributed by atoms with Crippen molar-refractivity contribution >= 4 is 35.8 Å². The van der Waals surface area contributed by atoms with Crippen LogP contribution in [0.4, 0.5) is 5.69 Å². The minimum atomic E-state index is -3.02. The second-order valence-corrected chi connectivity index (χ2v) is 7.55. The van der Waals surface area contributed by atoms with E-state index in [-0.39, 0.29) is 0 Å². The van der Waals surface area contributed by atoms with Gasteiger partial charge in [0.05, 0.1) is 7.11 Å². The van der Waals surface area contributed by atoms with Crippen molar-refractivity contribution in [1.29, 1.82) is 0 Å². The van der Waals surface area contributed by atoms with Gasteiger partial charge in [0.15, 0.2) is 11.5 Å². The molecular formula is C14H15INO3P. The van der Waals surface area contributed by atoms with Gasteiger partial charge in [-0.15, -0.1) is 0 Å². The number of anilines is 1. The van der Waals surface area contributed by atoms with Crippen molar-refractivity contribution in [3.63, 3.8) is 0 Å². The zero-order valence-corrected chi connectivity index (χ0v) is 14.2. The van der Waals surface area contributed by atoms with Gasteiger partial charge >= 0.3 is 7.52 Å². The Morgan fingerprint density at radius 3 is 2.25 bits per heavy atom. The molecule has 20 heavy (non-hydrogen) atoms. The van der Waals surface area contributed by atoms with Crippen LogP contribution in [0, 0.1) is 3.57 Å². The number of methoxy groups -OCH3 is 1. The first kappa shape index (κ1) is 15.2. The molecule has 0 saturated heterocycles. The van der Waals surface area contributed by atoms with Crippen molar-refractivity contribution in [2.24, 2.45) is 0 Å². The lowest BCUT2D eigenvalue weighted by atomic mass is 10.3. The third kappa shape index (κ3) is 4.15. The summed E-state index contributed by atoms with van der Waals surface area (Å²) in [6, 6.07) is 14.7. The standard InChI is InChI=1S/C14H15INO3P/c1-18-13-5-3-4-6-14(13)19-20(2,17)16-12-9-7-11(15)8-10-12/h3-10H,1-2H3,(H,16,17). The fourth-order valence-electron chi connectivity index (χ4n) is 1.66. The van der Waals surface area contributed by atoms with E-state index >= 15 is 0 Å². The number of halogens is 1. The van der Waals surface area contributed by atoms with Crippen molar-refractivity contribution in [1.82, 2.24) is 0 Å². The molecule has 0 radical (unpaired) electrons. The van der Waals surface area contributed by atoms with E-state index in [1.165, 1.54) is 6.66 Å². The number of benzene rings is 2. The van der Waals surface area contributed by atoms with Crippen molar-refractivity contribution in [3.05, 3.63) is 52.1 Å². The normalized spacial score (nSPS) is 13.3. The molecule has 0 bridgehead atoms. The molecule has 0 fully saturated rings. The predicted octanol–water partition coefficient (Wildman–Crippen LogP) is 4.61. The molecular weight excluding hydrogens is 388 g/mol. The summed E-state index contributed by atoms with van der Waals surface area (Å²) in [5.41, 5.74) is 0.756. The van der Waals surface area contributed by atoms with Gasteiger partial charge in [0.25, 0.3) is 0 Å². The van der Waals surface area contributed by atoms with Crippen LogP contribution < -0.4 is 14.3 Å². The van der Waals surface area contributed by atoms with Crippen LogP contribution in [0.1, 0.15) is 0 Å². The molecule has 0 saturated carbocycles. The Hall–Kier alpha value is -1.20. The van der Waals surface area contributed by atoms with Gasteiger partial charge in [-0.05, 0) is 59.0 Å². The summed E-state index contributed by atoms with van der Waals surface area (Å²) in [6.45, 7) is 1.54. The lowest BCUT2D eigenvalue weighted by Crippen LogP contribution is -2.03. The molecule has 4 nitrogen and oxygen atoms in total. The summed E-state index contributed by atoms with van der Waals surface area (Å²) in [4.78, 5) is 0. The van der Waals surface area contributed by atoms with Crippen LogP contribution in [0.2, 0.25) is 0 Å². The molecule has 0 amide bonds. The Balaban J connectivity index is 2.14. The zero-order valence-electron chi connectivity index (χ0n) is 11.2. The molecule has 2 aromatic carbocycles. The fraction of sp³-hybridized carbons (Fsp3) is 0.143. The van der Waals surface area contributed by atoms with Gasteiger partial charge in [-0.25, -0.2) is 0 Å². The number of ether oxygens (including phenoxy) is 1. The molecule has 1 N–H and O–H groups in total. The zero-order chi connectivity index (χ0) is 14.6. The highest BCUT2D eigenvalue weighted by atomic mass is 127. The molecule has 0 aromatic heterocycles. The Morgan fingerprint density at radius 1 is 1.05 bits per heavy atom. The van der Waals surface area contributed by atoms with Crippen molar-refractivity contribution in [2.45, 2.75) is 0 Å². The van der Waals surface area contributed by atoms with Gasteiger partial charge < -0.3 is 14.3 Å². The van der Waals surface area contributed by atoms with Crippen LogP contribution in [0.25, 0.3) is 0 Å². The predicted molar refractivity (Wildman–Crippen MR) is 89.9 cm³/mol. The van der Waals surface area contributed by atoms with Crippen LogP contribution in [0.3, 0.4) is 0 Å². The SMILES string of the molecule is COc1ccccc1OP(C)(=O)Nc1ccc(I)cc1. The quantitative estimate of drug-likeness (QED) is 0.585. The maximum Gasteiger partial charge on any atom is 0.338 e. The Kier molecular flexibility index (Phi) is 4.94. The monoisotopic (exact) mass is 403 g/mol. The highest BCUT2D eigenvalue weighted by Gasteiger charge is 2.19. The summed E-state index contributed by atoms with van der Waals surface area (Å²) < 4.78 is 24.4. The summed E-state index contributed by atoms with van der Waals surface area (Å²) in [5.74, 6) is 1.01. The molecule has 6 heteroatoms. The van der Waals surface area contributed by atoms with Crippen LogP contribution >= 0.6 is 30.1 Å². The van der Waals surface area contributed by atoms with Crippen LogP contribution in [-0.2, 0) is 4.57 Å². The van der Waals surface area contributed by atoms with E-state index in [4.69, 9.17) is 9.26 Å². The Bertz CT molecular complexity index is 631. The summed E-state index contributed by atoms with van der Waals surface area (Å²) >= 11 is 2.22. The van der Waals surface area contributed by atoms with E-state index in [0.717, 1.165) is 9.26 Å². The molecule has 1 atom stereocenters. The van der Waals surface area contributed by atoms with E-state index in [2.05, 4.69) is 27.7 Å². The number of rotatable bonds is 5. The second kappa shape index (κ2) is 6.50. The van der Waals surface area contributed by atoms with E-state index in [1.807, 2.05) is 36.4 Å². The molecule has 1 unspecified atom stereocenters. The van der Waals surface area contributed by atoms with Gasteiger partial charge in [0.2, 0.25) is 0 Å². The molecule has 0 aliphatic heterocycles. The van der Waals surface area contributed by atoms with E-state index in [0.29, 0.717) is 11.5 Å². The van der Waals surface area contributed by atoms with Gasteiger partial charge in [0.1, 0.15) is 0 Å². The van der Waals surface area contributed by atoms with Crippen molar-refractivity contribution in [2.75, 3.05) is 18.9 Å². The smallest absolute Gasteiger partial charge is 0.338 e. The average molecular weight is 403 g/mol. The van der Waals surface area contributed by atoms with Gasteiger partial charge in [0, 0.05) is 15.9 Å². The molecule has 0 aliphatic carbocycles. The highest BCUT2D eigenvalue weighted by molar-refractivity contribution is 14.1. The van der Waals surface area contributed by atoms with E-state index in [1.54, 1.807) is 19.2 Å². The lowest BCUT2D eigenvalue weighted by Gasteiger charge is -2.18. The van der Waals surface area contributed by atoms with Gasteiger partial charge in [-0.3, -0.25) is 4.57 Å². The molecule has 2 rings (SSSR count). The number of hydrogen-bond donors (Lipinski definition) is 1. The minimum absolute atomic E-state index is 0.457. The number of hydrogen-bond acceptors (Lipinski definition) is 3. The molecule has 106 valence electrons. The van der Waals surface area contributed by atoms with Crippen LogP contribution in [0.5, 0.6) is 11.5 Å². The van der Waals surface area contributed by atoms with Gasteiger partial charge in [-0.2, -0.15) is 0 Å². The van der Waals surface area contributed by atoms with E-state index < -0.39 is 7.52 Å². The van der Waals surface area contributed by atoms with Crippen LogP contribution in [-0.4, -0.2) is 13.8 Å². The Morgan fingerprint density at radius 2 is 1.65 bits per heavy atom. The van der Waals surface area contributed by atoms with Gasteiger partial charge in [-0.1, -0.05) is 12.1 Å². The summed E-state index contributed by atoms with van der Waals surface area (Å²) in [5, 5.41) is 2.92. The minimum Gasteiger partial charge on any atom is -0.493 e. The van der Waals surface area contributed by atoms with Crippen molar-refractivity contribution < 1.29 is 13.8 Å². The van der Waals surface area contributed by atoms with Crippen LogP contribution in [0.15, 0.2) is 48.5 Å². The average Bonchev–Trinajstić information content (AvgIpc) is 2.41. The fourth-order valence-corrected chi connectivity index (χ4v) is 3.21. The van der Waals surface area contributed by atoms with Crippen molar-refractivity contribution in [3.8, 4) is 11.5 Å². The summed E-state index contributed by atoms with van der Waals surface area (Å²) in [7, 11) is -1.47. The topological polar surface area (TPSA) is 47.6 Å². The first-order valence-corrected chi connectivity index (χ1v) is 9.09. The molecule has 0 aliphatic rings. The first-order valence-electron chi connectivity index (χ1n) is 5.94. The molecule has 2 aromatic rings. The largest absolute Gasteiger partial charge is 0.493 e. The molecule has 0 spiro atoms.